The lowest BCUT2D eigenvalue weighted by Gasteiger charge is -2.45. The molecule has 0 unspecified atom stereocenters. The molecule has 1 aliphatic heterocycles. The summed E-state index contributed by atoms with van der Waals surface area (Å²) in [5.41, 5.74) is 27.6. The third-order valence-corrected chi connectivity index (χ3v) is 17.5. The first kappa shape index (κ1) is 42.4. The fraction of sp³-hybridized carbons (Fsp3) is 0.0270. The highest BCUT2D eigenvalue weighted by atomic mass is 16.3. The number of anilines is 6. The first-order valence-electron chi connectivity index (χ1n) is 26.7. The van der Waals surface area contributed by atoms with Crippen LogP contribution >= 0.6 is 0 Å². The molecule has 12 aromatic carbocycles. The summed E-state index contributed by atoms with van der Waals surface area (Å²) in [6, 6.07) is 104. The van der Waals surface area contributed by atoms with E-state index in [9.17, 15) is 0 Å². The molecule has 0 N–H and O–H groups in total. The zero-order valence-corrected chi connectivity index (χ0v) is 41.9. The van der Waals surface area contributed by atoms with Crippen molar-refractivity contribution in [2.75, 3.05) is 9.80 Å². The predicted molar refractivity (Wildman–Crippen MR) is 316 cm³/mol. The van der Waals surface area contributed by atoms with Gasteiger partial charge >= 0.3 is 0 Å². The highest BCUT2D eigenvalue weighted by Gasteiger charge is 2.53. The monoisotopic (exact) mass is 978 g/mol. The van der Waals surface area contributed by atoms with Crippen molar-refractivity contribution >= 4 is 56.1 Å². The number of para-hydroxylation sites is 5. The van der Waals surface area contributed by atoms with E-state index in [0.717, 1.165) is 55.8 Å². The fourth-order valence-corrected chi connectivity index (χ4v) is 14.5. The number of fused-ring (bicyclic) bond motifs is 22. The van der Waals surface area contributed by atoms with Gasteiger partial charge < -0.3 is 14.2 Å². The van der Waals surface area contributed by atoms with Gasteiger partial charge in [-0.2, -0.15) is 0 Å². The van der Waals surface area contributed by atoms with E-state index in [1.54, 1.807) is 0 Å². The zero-order valence-electron chi connectivity index (χ0n) is 41.9. The SMILES string of the molecule is c1ccc(N2c3ccccc3C3(c4ccccc4-c4ccc(N(c5ccc(-c6cccc7c6oc6ccccc67)cc5)c5ccc6c(c5)C5(c7ccccc7-c7ccccc75)c5ccccc5-6)cc43)c3ccccc32)cc1. The number of benzene rings is 12. The Kier molecular flexibility index (Phi) is 8.69. The van der Waals surface area contributed by atoms with Crippen LogP contribution in [-0.4, -0.2) is 0 Å². The highest BCUT2D eigenvalue weighted by Crippen LogP contribution is 2.66. The second-order valence-corrected chi connectivity index (χ2v) is 21.0. The maximum Gasteiger partial charge on any atom is 0.143 e. The van der Waals surface area contributed by atoms with Crippen LogP contribution in [0.1, 0.15) is 44.5 Å². The van der Waals surface area contributed by atoms with Crippen LogP contribution in [0.4, 0.5) is 34.1 Å². The molecule has 3 aliphatic carbocycles. The van der Waals surface area contributed by atoms with Gasteiger partial charge in [-0.1, -0.05) is 212 Å². The van der Waals surface area contributed by atoms with Crippen molar-refractivity contribution in [1.29, 1.82) is 0 Å². The molecule has 1 aromatic heterocycles. The lowest BCUT2D eigenvalue weighted by Crippen LogP contribution is -2.36. The Labute approximate surface area is 446 Å². The molecule has 3 heteroatoms. The maximum absolute atomic E-state index is 6.61. The van der Waals surface area contributed by atoms with Gasteiger partial charge in [0.15, 0.2) is 0 Å². The molecule has 0 saturated heterocycles. The number of nitrogens with zero attached hydrogens (tertiary/aromatic N) is 2. The van der Waals surface area contributed by atoms with E-state index < -0.39 is 10.8 Å². The van der Waals surface area contributed by atoms with E-state index in [1.165, 1.54) is 89.3 Å². The summed E-state index contributed by atoms with van der Waals surface area (Å²) in [4.78, 5) is 4.96. The molecule has 0 fully saturated rings. The Morgan fingerprint density at radius 2 is 0.688 bits per heavy atom. The third kappa shape index (κ3) is 5.54. The first-order valence-corrected chi connectivity index (χ1v) is 26.7. The summed E-state index contributed by atoms with van der Waals surface area (Å²) in [5, 5.41) is 2.25. The summed E-state index contributed by atoms with van der Waals surface area (Å²) in [7, 11) is 0. The van der Waals surface area contributed by atoms with Crippen LogP contribution < -0.4 is 9.80 Å². The van der Waals surface area contributed by atoms with Crippen molar-refractivity contribution in [3.8, 4) is 44.5 Å². The highest BCUT2D eigenvalue weighted by molar-refractivity contribution is 6.10. The average molecular weight is 979 g/mol. The van der Waals surface area contributed by atoms with Crippen molar-refractivity contribution in [2.24, 2.45) is 0 Å². The van der Waals surface area contributed by atoms with Crippen molar-refractivity contribution in [3.05, 3.63) is 324 Å². The van der Waals surface area contributed by atoms with Crippen molar-refractivity contribution in [3.63, 3.8) is 0 Å². The molecule has 13 aromatic rings. The Bertz CT molecular complexity index is 4490. The number of hydrogen-bond donors (Lipinski definition) is 0. The normalized spacial score (nSPS) is 14.2. The van der Waals surface area contributed by atoms with Gasteiger partial charge in [-0.15, -0.1) is 0 Å². The van der Waals surface area contributed by atoms with E-state index in [1.807, 2.05) is 6.07 Å². The van der Waals surface area contributed by atoms with E-state index in [4.69, 9.17) is 4.42 Å². The second-order valence-electron chi connectivity index (χ2n) is 21.0. The first-order chi connectivity index (χ1) is 38.2. The molecular weight excluding hydrogens is 933 g/mol. The van der Waals surface area contributed by atoms with Crippen LogP contribution in [0.25, 0.3) is 66.4 Å². The molecule has 3 nitrogen and oxygen atoms in total. The van der Waals surface area contributed by atoms with E-state index >= 15 is 0 Å². The predicted octanol–water partition coefficient (Wildman–Crippen LogP) is 19.2. The maximum atomic E-state index is 6.61. The van der Waals surface area contributed by atoms with Gasteiger partial charge in [-0.05, 0) is 150 Å². The van der Waals surface area contributed by atoms with Crippen LogP contribution in [-0.2, 0) is 10.8 Å². The fourth-order valence-electron chi connectivity index (χ4n) is 14.5. The number of rotatable bonds is 5. The molecule has 0 amide bonds. The molecule has 4 aliphatic rings. The Balaban J connectivity index is 0.917. The molecule has 17 rings (SSSR count). The van der Waals surface area contributed by atoms with E-state index in [-0.39, 0.29) is 0 Å². The van der Waals surface area contributed by atoms with Crippen LogP contribution in [0.5, 0.6) is 0 Å². The average Bonchev–Trinajstić information content (AvgIpc) is 4.40. The van der Waals surface area contributed by atoms with Gasteiger partial charge in [0.1, 0.15) is 11.2 Å². The molecule has 358 valence electrons. The van der Waals surface area contributed by atoms with Crippen LogP contribution in [0.3, 0.4) is 0 Å². The van der Waals surface area contributed by atoms with Gasteiger partial charge in [-0.25, -0.2) is 0 Å². The summed E-state index contributed by atoms with van der Waals surface area (Å²) < 4.78 is 6.61. The Morgan fingerprint density at radius 3 is 1.23 bits per heavy atom. The summed E-state index contributed by atoms with van der Waals surface area (Å²) >= 11 is 0. The quantitative estimate of drug-likeness (QED) is 0.171. The standard InChI is InChI=1S/C74H46N2O/c1-2-19-48(20-3-1)76-69-34-15-13-32-65(69)74(66-33-14-16-35-70(66)76)64-31-12-7-24-56(64)58-44-42-51(46-68(58)74)75(49-39-37-47(38-40-49)52-26-18-27-60-59-25-8-17-36-71(59)77-72(52)60)50-41-43-57-55-23-6-11-30-63(55)73(67(57)45-50)61-28-9-4-21-53(61)54-22-5-10-29-62(54)73/h1-46H. The van der Waals surface area contributed by atoms with Crippen molar-refractivity contribution in [1.82, 2.24) is 0 Å². The van der Waals surface area contributed by atoms with Gasteiger partial charge in [0.05, 0.1) is 22.2 Å². The summed E-state index contributed by atoms with van der Waals surface area (Å²) in [6.45, 7) is 0. The zero-order chi connectivity index (χ0) is 50.4. The van der Waals surface area contributed by atoms with Gasteiger partial charge in [0.2, 0.25) is 0 Å². The minimum atomic E-state index is -0.623. The largest absolute Gasteiger partial charge is 0.455 e. The van der Waals surface area contributed by atoms with Crippen molar-refractivity contribution in [2.45, 2.75) is 10.8 Å². The van der Waals surface area contributed by atoms with Gasteiger partial charge in [0.25, 0.3) is 0 Å². The smallest absolute Gasteiger partial charge is 0.143 e. The summed E-state index contributed by atoms with van der Waals surface area (Å²) in [6.07, 6.45) is 0. The Morgan fingerprint density at radius 1 is 0.286 bits per heavy atom. The van der Waals surface area contributed by atoms with Crippen LogP contribution in [0, 0.1) is 0 Å². The summed E-state index contributed by atoms with van der Waals surface area (Å²) in [5.74, 6) is 0. The second kappa shape index (κ2) is 15.8. The molecule has 77 heavy (non-hydrogen) atoms. The minimum Gasteiger partial charge on any atom is -0.455 e. The van der Waals surface area contributed by atoms with E-state index in [0.29, 0.717) is 0 Å². The van der Waals surface area contributed by atoms with Crippen LogP contribution in [0.15, 0.2) is 283 Å². The lowest BCUT2D eigenvalue weighted by atomic mass is 9.64. The molecule has 0 saturated carbocycles. The molecule has 0 radical (unpaired) electrons. The third-order valence-electron chi connectivity index (χ3n) is 17.5. The molecular formula is C74H46N2O. The Hall–Kier alpha value is -9.96. The van der Waals surface area contributed by atoms with Crippen LogP contribution in [0.2, 0.25) is 0 Å². The van der Waals surface area contributed by atoms with Gasteiger partial charge in [-0.3, -0.25) is 0 Å². The molecule has 2 spiro atoms. The number of furan rings is 1. The van der Waals surface area contributed by atoms with E-state index in [2.05, 4.69) is 283 Å². The lowest BCUT2D eigenvalue weighted by molar-refractivity contribution is 0.670. The number of hydrogen-bond acceptors (Lipinski definition) is 3. The molecule has 2 heterocycles. The topological polar surface area (TPSA) is 19.6 Å². The van der Waals surface area contributed by atoms with Crippen molar-refractivity contribution < 1.29 is 4.42 Å². The molecule has 0 bridgehead atoms. The minimum absolute atomic E-state index is 0.500. The molecule has 0 atom stereocenters. The van der Waals surface area contributed by atoms with Gasteiger partial charge in [0, 0.05) is 39.1 Å².